The van der Waals surface area contributed by atoms with Gasteiger partial charge < -0.3 is 19.3 Å². The first-order valence-electron chi connectivity index (χ1n) is 14.1. The highest BCUT2D eigenvalue weighted by atomic mass is 16.5. The van der Waals surface area contributed by atoms with Gasteiger partial charge in [0.1, 0.15) is 30.3 Å². The van der Waals surface area contributed by atoms with Crippen molar-refractivity contribution < 1.29 is 18.8 Å². The second-order valence-corrected chi connectivity index (χ2v) is 10.0. The minimum atomic E-state index is -0.383. The number of aromatic nitrogens is 5. The van der Waals surface area contributed by atoms with E-state index >= 15 is 0 Å². The molecule has 1 amide bonds. The van der Waals surface area contributed by atoms with Crippen molar-refractivity contribution in [1.29, 1.82) is 0 Å². The summed E-state index contributed by atoms with van der Waals surface area (Å²) >= 11 is 0. The van der Waals surface area contributed by atoms with E-state index in [9.17, 15) is 4.79 Å². The van der Waals surface area contributed by atoms with Crippen LogP contribution in [0.4, 0.5) is 0 Å². The molecule has 2 aromatic heterocycles. The van der Waals surface area contributed by atoms with E-state index in [0.29, 0.717) is 60.5 Å². The van der Waals surface area contributed by atoms with Crippen LogP contribution in [0, 0.1) is 0 Å². The predicted molar refractivity (Wildman–Crippen MR) is 158 cm³/mol. The van der Waals surface area contributed by atoms with Crippen LogP contribution in [0.5, 0.6) is 11.5 Å². The SMILES string of the molecule is CCNC(=O)c1noc(-c2cc(C(C)C)c(OCc3ccccc3)cc2OCc2ccccc2)c1-c1nnnn1CC. The zero-order valence-corrected chi connectivity index (χ0v) is 24.2. The molecule has 2 heterocycles. The van der Waals surface area contributed by atoms with Gasteiger partial charge in [-0.05, 0) is 52.9 Å². The fraction of sp³-hybridized carbons (Fsp3) is 0.281. The number of carbonyl (C=O) groups is 1. The highest BCUT2D eigenvalue weighted by molar-refractivity contribution is 6.01. The van der Waals surface area contributed by atoms with Crippen LogP contribution in [0.2, 0.25) is 0 Å². The van der Waals surface area contributed by atoms with Gasteiger partial charge >= 0.3 is 0 Å². The number of hydrogen-bond acceptors (Lipinski definition) is 8. The summed E-state index contributed by atoms with van der Waals surface area (Å²) in [5.41, 5.74) is 4.11. The molecule has 3 aromatic carbocycles. The Bertz CT molecular complexity index is 1630. The lowest BCUT2D eigenvalue weighted by Crippen LogP contribution is -2.23. The van der Waals surface area contributed by atoms with Gasteiger partial charge in [0, 0.05) is 19.2 Å². The summed E-state index contributed by atoms with van der Waals surface area (Å²) in [5.74, 6) is 1.64. The van der Waals surface area contributed by atoms with Crippen LogP contribution in [0.25, 0.3) is 22.7 Å². The zero-order valence-electron chi connectivity index (χ0n) is 24.2. The number of hydrogen-bond donors (Lipinski definition) is 1. The molecule has 10 nitrogen and oxygen atoms in total. The summed E-state index contributed by atoms with van der Waals surface area (Å²) in [5, 5.41) is 19.2. The molecule has 0 spiro atoms. The lowest BCUT2D eigenvalue weighted by atomic mass is 9.96. The van der Waals surface area contributed by atoms with E-state index in [2.05, 4.69) is 39.8 Å². The average Bonchev–Trinajstić information content (AvgIpc) is 3.67. The van der Waals surface area contributed by atoms with Gasteiger partial charge in [-0.2, -0.15) is 0 Å². The minimum absolute atomic E-state index is 0.0980. The number of carbonyl (C=O) groups excluding carboxylic acids is 1. The molecule has 0 bridgehead atoms. The number of tetrazole rings is 1. The van der Waals surface area contributed by atoms with Gasteiger partial charge in [0.2, 0.25) is 0 Å². The quantitative estimate of drug-likeness (QED) is 0.194. The van der Waals surface area contributed by atoms with Gasteiger partial charge in [0.05, 0.1) is 5.56 Å². The van der Waals surface area contributed by atoms with Gasteiger partial charge in [0.15, 0.2) is 17.3 Å². The highest BCUT2D eigenvalue weighted by Gasteiger charge is 2.31. The van der Waals surface area contributed by atoms with Crippen LogP contribution >= 0.6 is 0 Å². The van der Waals surface area contributed by atoms with Crippen molar-refractivity contribution >= 4 is 5.91 Å². The molecular weight excluding hydrogens is 532 g/mol. The number of nitrogens with one attached hydrogen (secondary N) is 1. The molecule has 5 aromatic rings. The molecule has 42 heavy (non-hydrogen) atoms. The number of amides is 1. The van der Waals surface area contributed by atoms with Crippen LogP contribution in [-0.4, -0.2) is 37.8 Å². The molecule has 0 unspecified atom stereocenters. The van der Waals surface area contributed by atoms with Gasteiger partial charge in [-0.15, -0.1) is 5.10 Å². The van der Waals surface area contributed by atoms with Crippen LogP contribution in [-0.2, 0) is 19.8 Å². The fourth-order valence-electron chi connectivity index (χ4n) is 4.60. The number of aryl methyl sites for hydroxylation is 1. The van der Waals surface area contributed by atoms with Gasteiger partial charge in [-0.25, -0.2) is 4.68 Å². The monoisotopic (exact) mass is 566 g/mol. The standard InChI is InChI=1S/C32H34N6O4/c1-5-33-32(39)29-28(31-34-36-37-38(31)6-2)30(42-35-29)25-17-24(21(3)4)26(40-19-22-13-9-7-10-14-22)18-27(25)41-20-23-15-11-8-12-16-23/h7-18,21H,5-6,19-20H2,1-4H3,(H,33,39). The Balaban J connectivity index is 1.66. The van der Waals surface area contributed by atoms with E-state index in [-0.39, 0.29) is 17.5 Å². The van der Waals surface area contributed by atoms with Crippen molar-refractivity contribution in [3.63, 3.8) is 0 Å². The van der Waals surface area contributed by atoms with Crippen molar-refractivity contribution in [3.05, 3.63) is 95.2 Å². The number of nitrogens with zero attached hydrogens (tertiary/aromatic N) is 5. The van der Waals surface area contributed by atoms with Crippen LogP contribution < -0.4 is 14.8 Å². The maximum atomic E-state index is 13.1. The lowest BCUT2D eigenvalue weighted by molar-refractivity contribution is 0.0947. The van der Waals surface area contributed by atoms with E-state index in [1.165, 1.54) is 0 Å². The Hall–Kier alpha value is -4.99. The third-order valence-electron chi connectivity index (χ3n) is 6.75. The maximum Gasteiger partial charge on any atom is 0.274 e. The largest absolute Gasteiger partial charge is 0.488 e. The van der Waals surface area contributed by atoms with Gasteiger partial charge in [-0.3, -0.25) is 4.79 Å². The molecule has 0 saturated carbocycles. The van der Waals surface area contributed by atoms with E-state index in [4.69, 9.17) is 14.0 Å². The molecular formula is C32H34N6O4. The van der Waals surface area contributed by atoms with E-state index in [0.717, 1.165) is 16.7 Å². The first-order chi connectivity index (χ1) is 20.5. The Morgan fingerprint density at radius 2 is 1.57 bits per heavy atom. The molecule has 0 atom stereocenters. The average molecular weight is 567 g/mol. The normalized spacial score (nSPS) is 11.1. The summed E-state index contributed by atoms with van der Waals surface area (Å²) in [6.45, 7) is 9.58. The van der Waals surface area contributed by atoms with Crippen LogP contribution in [0.1, 0.15) is 60.8 Å². The zero-order chi connectivity index (χ0) is 29.5. The summed E-state index contributed by atoms with van der Waals surface area (Å²) in [6, 6.07) is 23.8. The number of ether oxygens (including phenoxy) is 2. The first kappa shape index (κ1) is 28.5. The minimum Gasteiger partial charge on any atom is -0.488 e. The van der Waals surface area contributed by atoms with Crippen molar-refractivity contribution in [2.75, 3.05) is 6.54 Å². The van der Waals surface area contributed by atoms with Crippen LogP contribution in [0.3, 0.4) is 0 Å². The first-order valence-corrected chi connectivity index (χ1v) is 14.1. The Labute approximate surface area is 244 Å². The molecule has 0 aliphatic rings. The van der Waals surface area contributed by atoms with Gasteiger partial charge in [0.25, 0.3) is 5.91 Å². The molecule has 10 heteroatoms. The van der Waals surface area contributed by atoms with Crippen LogP contribution in [0.15, 0.2) is 77.3 Å². The predicted octanol–water partition coefficient (Wildman–Crippen LogP) is 6.05. The molecule has 216 valence electrons. The number of rotatable bonds is 12. The second kappa shape index (κ2) is 13.1. The van der Waals surface area contributed by atoms with Crippen molar-refractivity contribution in [1.82, 2.24) is 30.7 Å². The lowest BCUT2D eigenvalue weighted by Gasteiger charge is -2.19. The maximum absolute atomic E-state index is 13.1. The van der Waals surface area contributed by atoms with Gasteiger partial charge in [-0.1, -0.05) is 79.7 Å². The Morgan fingerprint density at radius 3 is 2.17 bits per heavy atom. The summed E-state index contributed by atoms with van der Waals surface area (Å²) < 4.78 is 20.3. The molecule has 5 rings (SSSR count). The molecule has 0 radical (unpaired) electrons. The molecule has 1 N–H and O–H groups in total. The molecule has 0 fully saturated rings. The Morgan fingerprint density at radius 1 is 0.929 bits per heavy atom. The highest BCUT2D eigenvalue weighted by Crippen LogP contribution is 2.44. The summed E-state index contributed by atoms with van der Waals surface area (Å²) in [7, 11) is 0. The van der Waals surface area contributed by atoms with E-state index in [1.807, 2.05) is 86.6 Å². The third-order valence-corrected chi connectivity index (χ3v) is 6.75. The van der Waals surface area contributed by atoms with E-state index < -0.39 is 0 Å². The molecule has 0 saturated heterocycles. The van der Waals surface area contributed by atoms with Crippen molar-refractivity contribution in [2.45, 2.75) is 53.4 Å². The molecule has 0 aliphatic carbocycles. The number of benzene rings is 3. The van der Waals surface area contributed by atoms with E-state index in [1.54, 1.807) is 4.68 Å². The summed E-state index contributed by atoms with van der Waals surface area (Å²) in [4.78, 5) is 13.1. The second-order valence-electron chi connectivity index (χ2n) is 10.0. The smallest absolute Gasteiger partial charge is 0.274 e. The van der Waals surface area contributed by atoms with Crippen molar-refractivity contribution in [2.24, 2.45) is 0 Å². The van der Waals surface area contributed by atoms with Crippen molar-refractivity contribution in [3.8, 4) is 34.2 Å². The molecule has 0 aliphatic heterocycles. The fourth-order valence-corrected chi connectivity index (χ4v) is 4.60. The summed E-state index contributed by atoms with van der Waals surface area (Å²) in [6.07, 6.45) is 0. The Kier molecular flexibility index (Phi) is 8.91. The topological polar surface area (TPSA) is 117 Å². The third kappa shape index (κ3) is 6.17.